The molecule has 2 unspecified atom stereocenters. The maximum absolute atomic E-state index is 5.69. The third-order valence-corrected chi connectivity index (χ3v) is 5.38. The molecule has 1 N–H and O–H groups in total. The van der Waals surface area contributed by atoms with Gasteiger partial charge >= 0.3 is 0 Å². The molecule has 1 aromatic carbocycles. The lowest BCUT2D eigenvalue weighted by Gasteiger charge is -2.56. The molecule has 0 aliphatic heterocycles. The van der Waals surface area contributed by atoms with Gasteiger partial charge in [0.05, 0.1) is 6.61 Å². The van der Waals surface area contributed by atoms with Gasteiger partial charge < -0.3 is 10.1 Å². The second-order valence-corrected chi connectivity index (χ2v) is 6.26. The number of nitrogens with one attached hydrogen (secondary N) is 1. The average molecular weight is 289 g/mol. The normalized spacial score (nSPS) is 23.6. The van der Waals surface area contributed by atoms with Crippen molar-refractivity contribution in [1.82, 2.24) is 5.32 Å². The topological polar surface area (TPSA) is 21.3 Å². The maximum atomic E-state index is 5.69. The van der Waals surface area contributed by atoms with E-state index in [1.165, 1.54) is 24.8 Å². The molecule has 1 aromatic rings. The van der Waals surface area contributed by atoms with Crippen LogP contribution in [0.1, 0.15) is 64.9 Å². The molecule has 0 heterocycles. The molecule has 1 fully saturated rings. The van der Waals surface area contributed by atoms with Gasteiger partial charge in [-0.05, 0) is 61.3 Å². The number of rotatable bonds is 8. The summed E-state index contributed by atoms with van der Waals surface area (Å²) in [6.07, 6.45) is 4.83. The minimum Gasteiger partial charge on any atom is -0.494 e. The van der Waals surface area contributed by atoms with Crippen LogP contribution in [0.4, 0.5) is 0 Å². The van der Waals surface area contributed by atoms with E-state index < -0.39 is 0 Å². The Balaban J connectivity index is 2.10. The Morgan fingerprint density at radius 1 is 1.10 bits per heavy atom. The number of hydrogen-bond donors (Lipinski definition) is 1. The van der Waals surface area contributed by atoms with E-state index in [1.54, 1.807) is 0 Å². The summed E-state index contributed by atoms with van der Waals surface area (Å²) >= 11 is 0. The van der Waals surface area contributed by atoms with Crippen LogP contribution in [-0.2, 0) is 0 Å². The third kappa shape index (κ3) is 3.11. The fourth-order valence-electron chi connectivity index (χ4n) is 4.04. The van der Waals surface area contributed by atoms with Gasteiger partial charge in [0, 0.05) is 6.04 Å². The highest BCUT2D eigenvalue weighted by atomic mass is 16.5. The Morgan fingerprint density at radius 2 is 1.76 bits per heavy atom. The zero-order valence-electron chi connectivity index (χ0n) is 14.1. The summed E-state index contributed by atoms with van der Waals surface area (Å²) < 4.78 is 5.69. The maximum Gasteiger partial charge on any atom is 0.119 e. The lowest BCUT2D eigenvalue weighted by atomic mass is 9.52. The van der Waals surface area contributed by atoms with Crippen LogP contribution < -0.4 is 10.1 Å². The quantitative estimate of drug-likeness (QED) is 0.746. The van der Waals surface area contributed by atoms with Crippen LogP contribution in [0.3, 0.4) is 0 Å². The first kappa shape index (κ1) is 16.4. The van der Waals surface area contributed by atoms with Gasteiger partial charge in [-0.15, -0.1) is 0 Å². The average Bonchev–Trinajstić information content (AvgIpc) is 2.51. The van der Waals surface area contributed by atoms with E-state index in [-0.39, 0.29) is 0 Å². The van der Waals surface area contributed by atoms with Gasteiger partial charge in [0.2, 0.25) is 0 Å². The molecular weight excluding hydrogens is 258 g/mol. The fraction of sp³-hybridized carbons (Fsp3) is 0.684. The summed E-state index contributed by atoms with van der Waals surface area (Å²) in [6, 6.07) is 9.51. The zero-order chi connectivity index (χ0) is 15.3. The lowest BCUT2D eigenvalue weighted by molar-refractivity contribution is 0.0210. The molecule has 0 spiro atoms. The Morgan fingerprint density at radius 3 is 2.29 bits per heavy atom. The lowest BCUT2D eigenvalue weighted by Crippen LogP contribution is -2.58. The molecule has 1 aliphatic rings. The Kier molecular flexibility index (Phi) is 5.69. The van der Waals surface area contributed by atoms with Crippen molar-refractivity contribution in [2.75, 3.05) is 13.2 Å². The standard InChI is InChI=1S/C19H31NO/c1-5-13-21-16-11-9-15(10-12-16)17-14-18(20-8-4)19(17,6-2)7-3/h9-12,17-18,20H,5-8,13-14H2,1-4H3. The molecule has 0 amide bonds. The summed E-state index contributed by atoms with van der Waals surface area (Å²) in [4.78, 5) is 0. The second-order valence-electron chi connectivity index (χ2n) is 6.26. The molecule has 2 rings (SSSR count). The van der Waals surface area contributed by atoms with Gasteiger partial charge in [0.25, 0.3) is 0 Å². The van der Waals surface area contributed by atoms with Crippen LogP contribution in [0.5, 0.6) is 5.75 Å². The van der Waals surface area contributed by atoms with E-state index in [0.717, 1.165) is 25.3 Å². The van der Waals surface area contributed by atoms with E-state index in [0.29, 0.717) is 17.4 Å². The molecule has 0 bridgehead atoms. The first-order valence-electron chi connectivity index (χ1n) is 8.67. The number of hydrogen-bond acceptors (Lipinski definition) is 2. The highest BCUT2D eigenvalue weighted by Gasteiger charge is 2.52. The van der Waals surface area contributed by atoms with Crippen molar-refractivity contribution < 1.29 is 4.74 Å². The first-order valence-corrected chi connectivity index (χ1v) is 8.67. The molecule has 0 aromatic heterocycles. The van der Waals surface area contributed by atoms with Crippen molar-refractivity contribution in [3.63, 3.8) is 0 Å². The van der Waals surface area contributed by atoms with Gasteiger partial charge in [0.15, 0.2) is 0 Å². The molecule has 2 nitrogen and oxygen atoms in total. The van der Waals surface area contributed by atoms with E-state index in [1.807, 2.05) is 0 Å². The van der Waals surface area contributed by atoms with E-state index in [2.05, 4.69) is 57.3 Å². The minimum atomic E-state index is 0.432. The van der Waals surface area contributed by atoms with Crippen molar-refractivity contribution >= 4 is 0 Å². The number of ether oxygens (including phenoxy) is 1. The molecular formula is C19H31NO. The van der Waals surface area contributed by atoms with Crippen LogP contribution >= 0.6 is 0 Å². The van der Waals surface area contributed by atoms with Crippen molar-refractivity contribution in [3.8, 4) is 5.75 Å². The Bertz CT molecular complexity index is 422. The van der Waals surface area contributed by atoms with Crippen molar-refractivity contribution in [2.24, 2.45) is 5.41 Å². The van der Waals surface area contributed by atoms with Crippen LogP contribution in [-0.4, -0.2) is 19.2 Å². The number of benzene rings is 1. The molecule has 0 radical (unpaired) electrons. The molecule has 2 heteroatoms. The van der Waals surface area contributed by atoms with Crippen molar-refractivity contribution in [3.05, 3.63) is 29.8 Å². The van der Waals surface area contributed by atoms with Crippen LogP contribution in [0, 0.1) is 5.41 Å². The van der Waals surface area contributed by atoms with Gasteiger partial charge in [0.1, 0.15) is 5.75 Å². The first-order chi connectivity index (χ1) is 10.2. The van der Waals surface area contributed by atoms with Crippen LogP contribution in [0.15, 0.2) is 24.3 Å². The van der Waals surface area contributed by atoms with Gasteiger partial charge in [-0.3, -0.25) is 0 Å². The summed E-state index contributed by atoms with van der Waals surface area (Å²) in [7, 11) is 0. The fourth-order valence-corrected chi connectivity index (χ4v) is 4.04. The van der Waals surface area contributed by atoms with Crippen molar-refractivity contribution in [1.29, 1.82) is 0 Å². The molecule has 0 saturated heterocycles. The third-order valence-electron chi connectivity index (χ3n) is 5.38. The van der Waals surface area contributed by atoms with Crippen LogP contribution in [0.25, 0.3) is 0 Å². The highest BCUT2D eigenvalue weighted by Crippen LogP contribution is 2.57. The largest absolute Gasteiger partial charge is 0.494 e. The molecule has 21 heavy (non-hydrogen) atoms. The van der Waals surface area contributed by atoms with Crippen molar-refractivity contribution in [2.45, 2.75) is 65.3 Å². The Labute approximate surface area is 130 Å². The van der Waals surface area contributed by atoms with E-state index in [4.69, 9.17) is 4.74 Å². The molecule has 1 aliphatic carbocycles. The van der Waals surface area contributed by atoms with Gasteiger partial charge in [-0.2, -0.15) is 0 Å². The zero-order valence-corrected chi connectivity index (χ0v) is 14.1. The van der Waals surface area contributed by atoms with E-state index >= 15 is 0 Å². The summed E-state index contributed by atoms with van der Waals surface area (Å²) in [5.74, 6) is 1.69. The predicted octanol–water partition coefficient (Wildman–Crippen LogP) is 4.75. The summed E-state index contributed by atoms with van der Waals surface area (Å²) in [6.45, 7) is 10.9. The molecule has 118 valence electrons. The minimum absolute atomic E-state index is 0.432. The van der Waals surface area contributed by atoms with E-state index in [9.17, 15) is 0 Å². The summed E-state index contributed by atoms with van der Waals surface area (Å²) in [5, 5.41) is 3.69. The van der Waals surface area contributed by atoms with Crippen LogP contribution in [0.2, 0.25) is 0 Å². The Hall–Kier alpha value is -1.02. The smallest absolute Gasteiger partial charge is 0.119 e. The SMILES string of the molecule is CCCOc1ccc(C2CC(NCC)C2(CC)CC)cc1. The predicted molar refractivity (Wildman–Crippen MR) is 90.1 cm³/mol. The van der Waals surface area contributed by atoms with Gasteiger partial charge in [-0.1, -0.05) is 39.8 Å². The molecule has 2 atom stereocenters. The molecule has 1 saturated carbocycles. The second kappa shape index (κ2) is 7.31. The highest BCUT2D eigenvalue weighted by molar-refractivity contribution is 5.34. The summed E-state index contributed by atoms with van der Waals surface area (Å²) in [5.41, 5.74) is 1.92. The van der Waals surface area contributed by atoms with Gasteiger partial charge in [-0.25, -0.2) is 0 Å². The monoisotopic (exact) mass is 289 g/mol.